The molecule has 1 aromatic carbocycles. The van der Waals surface area contributed by atoms with Crippen molar-refractivity contribution >= 4 is 11.6 Å². The molecule has 3 fully saturated rings. The number of hydrogen-bond acceptors (Lipinski definition) is 3. The molecule has 1 N–H and O–H groups in total. The van der Waals surface area contributed by atoms with Crippen LogP contribution in [-0.4, -0.2) is 41.6 Å². The number of nitrogens with one attached hydrogen (secondary N) is 1. The third-order valence-corrected chi connectivity index (χ3v) is 8.42. The number of nitrogens with zero attached hydrogens (tertiary/aromatic N) is 2. The predicted octanol–water partition coefficient (Wildman–Crippen LogP) is 6.18. The first kappa shape index (κ1) is 23.6. The summed E-state index contributed by atoms with van der Waals surface area (Å²) in [6.45, 7) is 6.54. The van der Waals surface area contributed by atoms with Gasteiger partial charge in [-0.2, -0.15) is 0 Å². The highest BCUT2D eigenvalue weighted by molar-refractivity contribution is 5.94. The zero-order chi connectivity index (χ0) is 22.4. The normalized spacial score (nSPS) is 25.8. The standard InChI is InChI=1S/C28H45N3O/c1-3-4-18-26-29-27(32)28(31(26)25-17-13-12-14-23(25)2)19-21-30(22-20-28)24-15-10-8-6-5-7-9-11-16-24/h12-14,17,24,26H,3-11,15-16,18-22H2,1-2H3,(H,29,32)/t26-/m1/s1. The third-order valence-electron chi connectivity index (χ3n) is 8.42. The van der Waals surface area contributed by atoms with Crippen molar-refractivity contribution < 1.29 is 4.79 Å². The fourth-order valence-electron chi connectivity index (χ4n) is 6.47. The Morgan fingerprint density at radius 2 is 1.59 bits per heavy atom. The molecule has 0 radical (unpaired) electrons. The summed E-state index contributed by atoms with van der Waals surface area (Å²) in [5.74, 6) is 0.271. The number of carbonyl (C=O) groups is 1. The van der Waals surface area contributed by atoms with Gasteiger partial charge in [-0.15, -0.1) is 0 Å². The Balaban J connectivity index is 1.51. The fourth-order valence-corrected chi connectivity index (χ4v) is 6.47. The number of likely N-dealkylation sites (tertiary alicyclic amines) is 1. The quantitative estimate of drug-likeness (QED) is 0.595. The van der Waals surface area contributed by atoms with Crippen molar-refractivity contribution in [1.82, 2.24) is 10.2 Å². The molecule has 3 aliphatic rings. The Kier molecular flexibility index (Phi) is 8.15. The van der Waals surface area contributed by atoms with Gasteiger partial charge in [0.15, 0.2) is 0 Å². The summed E-state index contributed by atoms with van der Waals surface area (Å²) in [6, 6.07) is 9.38. The molecule has 4 rings (SSSR count). The number of rotatable bonds is 5. The second kappa shape index (κ2) is 11.0. The number of anilines is 1. The van der Waals surface area contributed by atoms with E-state index < -0.39 is 0 Å². The molecule has 1 aliphatic carbocycles. The summed E-state index contributed by atoms with van der Waals surface area (Å²) in [7, 11) is 0. The van der Waals surface area contributed by atoms with Crippen molar-refractivity contribution in [2.75, 3.05) is 18.0 Å². The summed E-state index contributed by atoms with van der Waals surface area (Å²) in [6.07, 6.45) is 17.9. The molecule has 1 aromatic rings. The van der Waals surface area contributed by atoms with Crippen LogP contribution in [0.1, 0.15) is 102 Å². The molecule has 4 heteroatoms. The van der Waals surface area contributed by atoms with Gasteiger partial charge in [-0.05, 0) is 57.1 Å². The van der Waals surface area contributed by atoms with Crippen molar-refractivity contribution in [2.45, 2.75) is 121 Å². The molecule has 32 heavy (non-hydrogen) atoms. The third kappa shape index (κ3) is 5.00. The van der Waals surface area contributed by atoms with Gasteiger partial charge in [-0.3, -0.25) is 4.79 Å². The maximum absolute atomic E-state index is 13.5. The SMILES string of the molecule is CCCC[C@@H]1NC(=O)C2(CCN(C3CCCCCCCCC3)CC2)N1c1ccccc1C. The van der Waals surface area contributed by atoms with Crippen molar-refractivity contribution in [1.29, 1.82) is 0 Å². The van der Waals surface area contributed by atoms with E-state index in [0.29, 0.717) is 0 Å². The van der Waals surface area contributed by atoms with Gasteiger partial charge in [-0.25, -0.2) is 0 Å². The van der Waals surface area contributed by atoms with E-state index in [1.54, 1.807) is 0 Å². The lowest BCUT2D eigenvalue weighted by Crippen LogP contribution is -2.58. The molecule has 1 saturated carbocycles. The Morgan fingerprint density at radius 1 is 0.969 bits per heavy atom. The van der Waals surface area contributed by atoms with Gasteiger partial charge in [0.2, 0.25) is 5.91 Å². The Bertz CT molecular complexity index is 730. The van der Waals surface area contributed by atoms with Crippen molar-refractivity contribution in [3.05, 3.63) is 29.8 Å². The maximum atomic E-state index is 13.5. The number of carbonyl (C=O) groups excluding carboxylic acids is 1. The molecule has 0 aromatic heterocycles. The smallest absolute Gasteiger partial charge is 0.247 e. The van der Waals surface area contributed by atoms with Crippen LogP contribution in [0.3, 0.4) is 0 Å². The number of hydrogen-bond donors (Lipinski definition) is 1. The molecular weight excluding hydrogens is 394 g/mol. The predicted molar refractivity (Wildman–Crippen MR) is 134 cm³/mol. The topological polar surface area (TPSA) is 35.6 Å². The van der Waals surface area contributed by atoms with Crippen LogP contribution >= 0.6 is 0 Å². The zero-order valence-electron chi connectivity index (χ0n) is 20.6. The van der Waals surface area contributed by atoms with E-state index in [9.17, 15) is 4.79 Å². The van der Waals surface area contributed by atoms with E-state index in [-0.39, 0.29) is 17.6 Å². The molecule has 1 spiro atoms. The minimum Gasteiger partial charge on any atom is -0.336 e. The van der Waals surface area contributed by atoms with Gasteiger partial charge in [0, 0.05) is 24.8 Å². The molecule has 0 unspecified atom stereocenters. The summed E-state index contributed by atoms with van der Waals surface area (Å²) >= 11 is 0. The summed E-state index contributed by atoms with van der Waals surface area (Å²) < 4.78 is 0. The monoisotopic (exact) mass is 439 g/mol. The number of unbranched alkanes of at least 4 members (excludes halogenated alkanes) is 1. The summed E-state index contributed by atoms with van der Waals surface area (Å²) in [4.78, 5) is 18.8. The van der Waals surface area contributed by atoms with E-state index in [1.165, 1.54) is 69.0 Å². The fraction of sp³-hybridized carbons (Fsp3) is 0.750. The molecule has 1 atom stereocenters. The van der Waals surface area contributed by atoms with Crippen LogP contribution in [0.25, 0.3) is 0 Å². The minimum absolute atomic E-state index is 0.128. The molecule has 2 saturated heterocycles. The lowest BCUT2D eigenvalue weighted by molar-refractivity contribution is -0.125. The van der Waals surface area contributed by atoms with Gasteiger partial charge >= 0.3 is 0 Å². The highest BCUT2D eigenvalue weighted by Crippen LogP contribution is 2.41. The van der Waals surface area contributed by atoms with E-state index in [4.69, 9.17) is 0 Å². The molecule has 2 heterocycles. The number of piperidine rings is 1. The average molecular weight is 440 g/mol. The molecule has 178 valence electrons. The first-order valence-electron chi connectivity index (χ1n) is 13.6. The minimum atomic E-state index is -0.378. The maximum Gasteiger partial charge on any atom is 0.247 e. The Labute approximate surface area is 196 Å². The Hall–Kier alpha value is -1.55. The molecule has 4 nitrogen and oxygen atoms in total. The van der Waals surface area contributed by atoms with Crippen LogP contribution in [0, 0.1) is 6.92 Å². The first-order chi connectivity index (χ1) is 15.7. The van der Waals surface area contributed by atoms with E-state index in [2.05, 4.69) is 53.2 Å². The second-order valence-electron chi connectivity index (χ2n) is 10.6. The first-order valence-corrected chi connectivity index (χ1v) is 13.6. The number of aryl methyl sites for hydroxylation is 1. The summed E-state index contributed by atoms with van der Waals surface area (Å²) in [5, 5.41) is 3.42. The van der Waals surface area contributed by atoms with Gasteiger partial charge in [-0.1, -0.05) is 76.5 Å². The number of amides is 1. The van der Waals surface area contributed by atoms with E-state index in [1.807, 2.05) is 0 Å². The second-order valence-corrected chi connectivity index (χ2v) is 10.6. The van der Waals surface area contributed by atoms with E-state index in [0.717, 1.165) is 51.2 Å². The summed E-state index contributed by atoms with van der Waals surface area (Å²) in [5.41, 5.74) is 2.15. The van der Waals surface area contributed by atoms with Crippen LogP contribution in [0.2, 0.25) is 0 Å². The van der Waals surface area contributed by atoms with Crippen molar-refractivity contribution in [3.8, 4) is 0 Å². The van der Waals surface area contributed by atoms with Crippen LogP contribution in [-0.2, 0) is 4.79 Å². The van der Waals surface area contributed by atoms with Gasteiger partial charge in [0.1, 0.15) is 11.7 Å². The average Bonchev–Trinajstić information content (AvgIpc) is 3.07. The lowest BCUT2D eigenvalue weighted by atomic mass is 9.83. The molecular formula is C28H45N3O. The van der Waals surface area contributed by atoms with Crippen molar-refractivity contribution in [2.24, 2.45) is 0 Å². The van der Waals surface area contributed by atoms with Crippen LogP contribution in [0.5, 0.6) is 0 Å². The molecule has 0 bridgehead atoms. The van der Waals surface area contributed by atoms with Gasteiger partial charge in [0.05, 0.1) is 0 Å². The molecule has 1 amide bonds. The lowest BCUT2D eigenvalue weighted by Gasteiger charge is -2.47. The van der Waals surface area contributed by atoms with Crippen molar-refractivity contribution in [3.63, 3.8) is 0 Å². The van der Waals surface area contributed by atoms with Gasteiger partial charge < -0.3 is 15.1 Å². The number of benzene rings is 1. The van der Waals surface area contributed by atoms with Crippen LogP contribution < -0.4 is 10.2 Å². The number of para-hydroxylation sites is 1. The van der Waals surface area contributed by atoms with Crippen LogP contribution in [0.15, 0.2) is 24.3 Å². The zero-order valence-corrected chi connectivity index (χ0v) is 20.6. The Morgan fingerprint density at radius 3 is 2.22 bits per heavy atom. The highest BCUT2D eigenvalue weighted by atomic mass is 16.2. The van der Waals surface area contributed by atoms with Gasteiger partial charge in [0.25, 0.3) is 0 Å². The highest BCUT2D eigenvalue weighted by Gasteiger charge is 2.54. The molecule has 2 aliphatic heterocycles. The van der Waals surface area contributed by atoms with Crippen LogP contribution in [0.4, 0.5) is 5.69 Å². The van der Waals surface area contributed by atoms with E-state index >= 15 is 0 Å². The largest absolute Gasteiger partial charge is 0.336 e.